The molecule has 0 aliphatic heterocycles. The lowest BCUT2D eigenvalue weighted by atomic mass is 10.4. The van der Waals surface area contributed by atoms with Crippen LogP contribution in [-0.4, -0.2) is 30.6 Å². The van der Waals surface area contributed by atoms with Crippen LogP contribution in [0.4, 0.5) is 11.5 Å². The summed E-state index contributed by atoms with van der Waals surface area (Å²) in [6.45, 7) is 5.48. The Balaban J connectivity index is 3.31. The van der Waals surface area contributed by atoms with E-state index in [0.717, 1.165) is 12.1 Å². The van der Waals surface area contributed by atoms with Gasteiger partial charge < -0.3 is 5.32 Å². The van der Waals surface area contributed by atoms with E-state index in [1.165, 1.54) is 6.08 Å². The summed E-state index contributed by atoms with van der Waals surface area (Å²) in [6, 6.07) is 2.25. The lowest BCUT2D eigenvalue weighted by molar-refractivity contribution is -0.384. The smallest absolute Gasteiger partial charge is 0.311 e. The zero-order valence-corrected chi connectivity index (χ0v) is 10.6. The average Bonchev–Trinajstić information content (AvgIpc) is 2.29. The molecule has 0 saturated carbocycles. The Labute approximate surface area is 105 Å². The molecule has 1 N–H and O–H groups in total. The van der Waals surface area contributed by atoms with Crippen LogP contribution in [0.5, 0.6) is 0 Å². The minimum Gasteiger partial charge on any atom is -0.365 e. The van der Waals surface area contributed by atoms with Gasteiger partial charge >= 0.3 is 5.69 Å². The number of pyridine rings is 1. The van der Waals surface area contributed by atoms with Crippen LogP contribution in [0.15, 0.2) is 29.8 Å². The van der Waals surface area contributed by atoms with Crippen LogP contribution in [0.3, 0.4) is 0 Å². The average molecular weight is 271 g/mol. The third kappa shape index (κ3) is 3.04. The van der Waals surface area contributed by atoms with Gasteiger partial charge in [-0.25, -0.2) is 13.4 Å². The molecule has 0 radical (unpaired) electrons. The third-order valence-corrected chi connectivity index (χ3v) is 3.58. The molecule has 0 bridgehead atoms. The summed E-state index contributed by atoms with van der Waals surface area (Å²) >= 11 is 0. The number of nitro groups is 1. The fourth-order valence-corrected chi connectivity index (χ4v) is 2.28. The lowest BCUT2D eigenvalue weighted by Crippen LogP contribution is -2.10. The van der Waals surface area contributed by atoms with Gasteiger partial charge in [-0.05, 0) is 13.0 Å². The summed E-state index contributed by atoms with van der Waals surface area (Å²) in [5.74, 6) is -0.309. The monoisotopic (exact) mass is 271 g/mol. The molecular formula is C10H13N3O4S. The first-order valence-corrected chi connectivity index (χ1v) is 6.80. The van der Waals surface area contributed by atoms with Gasteiger partial charge in [0, 0.05) is 12.6 Å². The highest BCUT2D eigenvalue weighted by molar-refractivity contribution is 7.91. The number of sulfone groups is 1. The molecule has 0 aromatic carbocycles. The van der Waals surface area contributed by atoms with Gasteiger partial charge in [0.15, 0.2) is 14.9 Å². The Bertz CT molecular complexity index is 568. The van der Waals surface area contributed by atoms with Crippen molar-refractivity contribution in [3.63, 3.8) is 0 Å². The molecule has 1 rings (SSSR count). The molecule has 0 spiro atoms. The van der Waals surface area contributed by atoms with Crippen LogP contribution in [0.2, 0.25) is 0 Å². The second-order valence-electron chi connectivity index (χ2n) is 3.37. The van der Waals surface area contributed by atoms with Crippen molar-refractivity contribution in [3.05, 3.63) is 34.9 Å². The van der Waals surface area contributed by atoms with E-state index in [9.17, 15) is 18.5 Å². The van der Waals surface area contributed by atoms with Crippen LogP contribution >= 0.6 is 0 Å². The van der Waals surface area contributed by atoms with Gasteiger partial charge in [0.1, 0.15) is 0 Å². The van der Waals surface area contributed by atoms with E-state index in [0.29, 0.717) is 6.54 Å². The number of aromatic nitrogens is 1. The minimum absolute atomic E-state index is 0.0485. The van der Waals surface area contributed by atoms with E-state index in [2.05, 4.69) is 16.9 Å². The van der Waals surface area contributed by atoms with Crippen molar-refractivity contribution in [1.82, 2.24) is 4.98 Å². The van der Waals surface area contributed by atoms with Crippen molar-refractivity contribution in [1.29, 1.82) is 0 Å². The van der Waals surface area contributed by atoms with Crippen molar-refractivity contribution in [2.24, 2.45) is 0 Å². The highest BCUT2D eigenvalue weighted by atomic mass is 32.2. The van der Waals surface area contributed by atoms with Crippen molar-refractivity contribution in [3.8, 4) is 0 Å². The van der Waals surface area contributed by atoms with E-state index < -0.39 is 14.8 Å². The van der Waals surface area contributed by atoms with Gasteiger partial charge in [-0.15, -0.1) is 6.58 Å². The Hall–Kier alpha value is -1.96. The molecule has 0 amide bonds. The van der Waals surface area contributed by atoms with E-state index in [1.807, 2.05) is 0 Å². The number of hydrogen-bond acceptors (Lipinski definition) is 6. The highest BCUT2D eigenvalue weighted by Gasteiger charge is 2.21. The fourth-order valence-electron chi connectivity index (χ4n) is 1.29. The molecule has 0 aliphatic carbocycles. The summed E-state index contributed by atoms with van der Waals surface area (Å²) in [7, 11) is -3.59. The van der Waals surface area contributed by atoms with E-state index >= 15 is 0 Å². The Kier molecular flexibility index (Phi) is 4.38. The van der Waals surface area contributed by atoms with Gasteiger partial charge in [0.25, 0.3) is 0 Å². The first-order chi connectivity index (χ1) is 8.42. The summed E-state index contributed by atoms with van der Waals surface area (Å²) < 4.78 is 23.5. The summed E-state index contributed by atoms with van der Waals surface area (Å²) in [5.41, 5.74) is -0.255. The number of rotatable bonds is 6. The van der Waals surface area contributed by atoms with Gasteiger partial charge in [-0.3, -0.25) is 10.1 Å². The molecule has 1 aromatic heterocycles. The topological polar surface area (TPSA) is 102 Å². The van der Waals surface area contributed by atoms with Gasteiger partial charge in [0.05, 0.1) is 10.7 Å². The first kappa shape index (κ1) is 14.1. The maximum absolute atomic E-state index is 11.7. The number of nitrogens with one attached hydrogen (secondary N) is 1. The third-order valence-electron chi connectivity index (χ3n) is 2.05. The number of hydrogen-bond donors (Lipinski definition) is 1. The quantitative estimate of drug-likeness (QED) is 0.476. The van der Waals surface area contributed by atoms with Gasteiger partial charge in [-0.1, -0.05) is 6.08 Å². The van der Waals surface area contributed by atoms with Crippen LogP contribution in [0.1, 0.15) is 6.92 Å². The van der Waals surface area contributed by atoms with Crippen molar-refractivity contribution >= 4 is 21.3 Å². The molecule has 0 fully saturated rings. The van der Waals surface area contributed by atoms with Gasteiger partial charge in [-0.2, -0.15) is 0 Å². The predicted octanol–water partition coefficient (Wildman–Crippen LogP) is 1.38. The fraction of sp³-hybridized carbons (Fsp3) is 0.300. The van der Waals surface area contributed by atoms with Crippen molar-refractivity contribution in [2.75, 3.05) is 17.6 Å². The Morgan fingerprint density at radius 2 is 2.22 bits per heavy atom. The van der Waals surface area contributed by atoms with Crippen LogP contribution in [-0.2, 0) is 9.84 Å². The Morgan fingerprint density at radius 3 is 2.72 bits per heavy atom. The molecule has 98 valence electrons. The SMILES string of the molecule is C=CCS(=O)(=O)c1ccc([N+](=O)[O-])c(NCC)n1. The summed E-state index contributed by atoms with van der Waals surface area (Å²) in [5, 5.41) is 13.2. The largest absolute Gasteiger partial charge is 0.365 e. The number of anilines is 1. The first-order valence-electron chi connectivity index (χ1n) is 5.15. The Morgan fingerprint density at radius 1 is 1.56 bits per heavy atom. The van der Waals surface area contributed by atoms with Crippen LogP contribution in [0.25, 0.3) is 0 Å². The molecule has 0 unspecified atom stereocenters. The molecule has 0 aliphatic rings. The molecule has 1 aromatic rings. The number of nitrogens with zero attached hydrogens (tertiary/aromatic N) is 2. The lowest BCUT2D eigenvalue weighted by Gasteiger charge is -2.06. The molecule has 0 atom stereocenters. The predicted molar refractivity (Wildman–Crippen MR) is 67.3 cm³/mol. The van der Waals surface area contributed by atoms with Crippen LogP contribution in [0, 0.1) is 10.1 Å². The molecule has 7 nitrogen and oxygen atoms in total. The molecule has 0 saturated heterocycles. The molecule has 18 heavy (non-hydrogen) atoms. The van der Waals surface area contributed by atoms with Crippen LogP contribution < -0.4 is 5.32 Å². The summed E-state index contributed by atoms with van der Waals surface area (Å²) in [4.78, 5) is 13.9. The van der Waals surface area contributed by atoms with E-state index in [1.54, 1.807) is 6.92 Å². The van der Waals surface area contributed by atoms with Gasteiger partial charge in [0.2, 0.25) is 5.82 Å². The highest BCUT2D eigenvalue weighted by Crippen LogP contribution is 2.24. The minimum atomic E-state index is -3.59. The maximum atomic E-state index is 11.7. The zero-order chi connectivity index (χ0) is 13.8. The normalized spacial score (nSPS) is 10.9. The molecule has 8 heteroatoms. The second-order valence-corrected chi connectivity index (χ2v) is 5.36. The molecular weight excluding hydrogens is 258 g/mol. The zero-order valence-electron chi connectivity index (χ0n) is 9.79. The van der Waals surface area contributed by atoms with E-state index in [-0.39, 0.29) is 22.3 Å². The molecule has 1 heterocycles. The van der Waals surface area contributed by atoms with Crippen molar-refractivity contribution < 1.29 is 13.3 Å². The standard InChI is InChI=1S/C10H13N3O4S/c1-3-7-18(16,17)9-6-5-8(13(14)15)10(12-9)11-4-2/h3,5-6H,1,4,7H2,2H3,(H,11,12). The summed E-state index contributed by atoms with van der Waals surface area (Å²) in [6.07, 6.45) is 1.24. The maximum Gasteiger partial charge on any atom is 0.311 e. The van der Waals surface area contributed by atoms with Crippen molar-refractivity contribution in [2.45, 2.75) is 11.9 Å². The second kappa shape index (κ2) is 5.58. The van der Waals surface area contributed by atoms with E-state index in [4.69, 9.17) is 0 Å².